The van der Waals surface area contributed by atoms with E-state index in [-0.39, 0.29) is 18.4 Å². The van der Waals surface area contributed by atoms with Crippen molar-refractivity contribution in [2.75, 3.05) is 37.6 Å². The number of rotatable bonds is 4. The highest BCUT2D eigenvalue weighted by Gasteiger charge is 2.30. The van der Waals surface area contributed by atoms with Crippen molar-refractivity contribution in [2.24, 2.45) is 5.92 Å². The number of piperazine rings is 1. The minimum atomic E-state index is -0.232. The summed E-state index contributed by atoms with van der Waals surface area (Å²) in [6.07, 6.45) is 4.02. The van der Waals surface area contributed by atoms with Crippen LogP contribution in [0.3, 0.4) is 0 Å². The van der Waals surface area contributed by atoms with Crippen LogP contribution in [-0.4, -0.2) is 64.4 Å². The summed E-state index contributed by atoms with van der Waals surface area (Å²) in [4.78, 5) is 28.5. The first-order chi connectivity index (χ1) is 13.2. The Kier molecular flexibility index (Phi) is 5.15. The zero-order valence-electron chi connectivity index (χ0n) is 15.3. The fourth-order valence-electron chi connectivity index (χ4n) is 3.72. The summed E-state index contributed by atoms with van der Waals surface area (Å²) in [6, 6.07) is 9.53. The first-order valence-corrected chi connectivity index (χ1v) is 9.46. The number of piperidine rings is 1. The Morgan fingerprint density at radius 2 is 2.07 bits per heavy atom. The van der Waals surface area contributed by atoms with Gasteiger partial charge in [0, 0.05) is 25.3 Å². The molecule has 2 saturated heterocycles. The number of nitrogens with one attached hydrogen (secondary N) is 1. The van der Waals surface area contributed by atoms with E-state index in [9.17, 15) is 9.59 Å². The molecule has 3 heterocycles. The summed E-state index contributed by atoms with van der Waals surface area (Å²) in [5, 5.41) is 11.5. The van der Waals surface area contributed by atoms with Crippen LogP contribution in [0.1, 0.15) is 23.3 Å². The molecule has 0 saturated carbocycles. The zero-order valence-corrected chi connectivity index (χ0v) is 15.3. The second-order valence-corrected chi connectivity index (χ2v) is 7.15. The van der Waals surface area contributed by atoms with Gasteiger partial charge in [-0.2, -0.15) is 0 Å². The summed E-state index contributed by atoms with van der Waals surface area (Å²) in [5.74, 6) is 0.199. The molecular weight excluding hydrogens is 344 g/mol. The number of hydrogen-bond acceptors (Lipinski definition) is 5. The van der Waals surface area contributed by atoms with Crippen molar-refractivity contribution < 1.29 is 9.59 Å². The Hall–Kier alpha value is -2.74. The van der Waals surface area contributed by atoms with E-state index >= 15 is 0 Å². The number of anilines is 1. The van der Waals surface area contributed by atoms with E-state index < -0.39 is 0 Å². The van der Waals surface area contributed by atoms with Gasteiger partial charge in [0.1, 0.15) is 6.54 Å². The van der Waals surface area contributed by atoms with Crippen molar-refractivity contribution >= 4 is 17.5 Å². The first kappa shape index (κ1) is 17.7. The van der Waals surface area contributed by atoms with Gasteiger partial charge in [0.05, 0.1) is 6.20 Å². The van der Waals surface area contributed by atoms with Crippen molar-refractivity contribution in [2.45, 2.75) is 19.4 Å². The quantitative estimate of drug-likeness (QED) is 0.862. The molecule has 2 aliphatic heterocycles. The second-order valence-electron chi connectivity index (χ2n) is 7.15. The molecule has 4 rings (SSSR count). The molecule has 2 aromatic rings. The molecule has 2 fully saturated rings. The molecule has 0 bridgehead atoms. The van der Waals surface area contributed by atoms with Crippen molar-refractivity contribution in [1.29, 1.82) is 0 Å². The molecule has 142 valence electrons. The summed E-state index contributed by atoms with van der Waals surface area (Å²) >= 11 is 0. The predicted molar refractivity (Wildman–Crippen MR) is 100 cm³/mol. The molecule has 27 heavy (non-hydrogen) atoms. The number of hydrogen-bond donors (Lipinski definition) is 1. The molecule has 2 aliphatic rings. The predicted octanol–water partition coefficient (Wildman–Crippen LogP) is 0.767. The molecule has 2 amide bonds. The third kappa shape index (κ3) is 4.00. The molecular formula is C19H24N6O2. The van der Waals surface area contributed by atoms with Crippen LogP contribution >= 0.6 is 0 Å². The Bertz CT molecular complexity index is 800. The lowest BCUT2D eigenvalue weighted by Crippen LogP contribution is -2.52. The highest BCUT2D eigenvalue weighted by atomic mass is 16.2. The summed E-state index contributed by atoms with van der Waals surface area (Å²) in [7, 11) is 0. The molecule has 1 aromatic heterocycles. The van der Waals surface area contributed by atoms with Gasteiger partial charge in [-0.1, -0.05) is 23.4 Å². The lowest BCUT2D eigenvalue weighted by molar-refractivity contribution is -0.120. The maximum atomic E-state index is 12.7. The largest absolute Gasteiger partial charge is 0.326 e. The summed E-state index contributed by atoms with van der Waals surface area (Å²) in [5.41, 5.74) is 1.17. The van der Waals surface area contributed by atoms with E-state index in [4.69, 9.17) is 0 Å². The van der Waals surface area contributed by atoms with Crippen LogP contribution < -0.4 is 10.2 Å². The molecule has 8 heteroatoms. The summed E-state index contributed by atoms with van der Waals surface area (Å²) in [6.45, 7) is 3.83. The van der Waals surface area contributed by atoms with Crippen molar-refractivity contribution in [3.63, 3.8) is 0 Å². The van der Waals surface area contributed by atoms with E-state index in [0.717, 1.165) is 31.7 Å². The maximum absolute atomic E-state index is 12.7. The smallest absolute Gasteiger partial charge is 0.276 e. The fraction of sp³-hybridized carbons (Fsp3) is 0.474. The van der Waals surface area contributed by atoms with Crippen LogP contribution in [0.15, 0.2) is 36.5 Å². The van der Waals surface area contributed by atoms with Gasteiger partial charge in [0.2, 0.25) is 5.91 Å². The molecule has 1 aromatic carbocycles. The number of benzene rings is 1. The van der Waals surface area contributed by atoms with Gasteiger partial charge in [0.15, 0.2) is 5.69 Å². The van der Waals surface area contributed by atoms with Gasteiger partial charge in [0.25, 0.3) is 5.91 Å². The van der Waals surface area contributed by atoms with Crippen LogP contribution in [0.4, 0.5) is 5.69 Å². The average molecular weight is 368 g/mol. The van der Waals surface area contributed by atoms with Crippen LogP contribution in [0, 0.1) is 5.92 Å². The van der Waals surface area contributed by atoms with E-state index in [1.54, 1.807) is 20.7 Å². The third-order valence-corrected chi connectivity index (χ3v) is 5.18. The Morgan fingerprint density at radius 1 is 1.22 bits per heavy atom. The van der Waals surface area contributed by atoms with Gasteiger partial charge >= 0.3 is 0 Å². The fourth-order valence-corrected chi connectivity index (χ4v) is 3.72. The van der Waals surface area contributed by atoms with Crippen molar-refractivity contribution in [3.8, 4) is 0 Å². The third-order valence-electron chi connectivity index (χ3n) is 5.18. The summed E-state index contributed by atoms with van der Waals surface area (Å²) < 4.78 is 1.74. The van der Waals surface area contributed by atoms with Gasteiger partial charge < -0.3 is 15.1 Å². The van der Waals surface area contributed by atoms with Crippen molar-refractivity contribution in [1.82, 2.24) is 25.2 Å². The van der Waals surface area contributed by atoms with E-state index in [0.29, 0.717) is 24.7 Å². The van der Waals surface area contributed by atoms with Crippen LogP contribution in [0.2, 0.25) is 0 Å². The first-order valence-electron chi connectivity index (χ1n) is 9.46. The number of nitrogens with zero attached hydrogens (tertiary/aromatic N) is 5. The number of para-hydroxylation sites is 1. The van der Waals surface area contributed by atoms with Gasteiger partial charge in [-0.25, -0.2) is 0 Å². The second kappa shape index (κ2) is 7.87. The molecule has 0 unspecified atom stereocenters. The van der Waals surface area contributed by atoms with E-state index in [1.165, 1.54) is 6.42 Å². The minimum absolute atomic E-state index is 0.0626. The van der Waals surface area contributed by atoms with Gasteiger partial charge in [-0.05, 0) is 44.0 Å². The minimum Gasteiger partial charge on any atom is -0.326 e. The number of carbonyl (C=O) groups is 2. The normalized spacial score (nSPS) is 20.7. The van der Waals surface area contributed by atoms with Gasteiger partial charge in [-0.3, -0.25) is 14.3 Å². The molecule has 1 N–H and O–H groups in total. The average Bonchev–Trinajstić information content (AvgIpc) is 3.17. The van der Waals surface area contributed by atoms with Crippen LogP contribution in [0.25, 0.3) is 0 Å². The van der Waals surface area contributed by atoms with E-state index in [1.807, 2.05) is 30.3 Å². The lowest BCUT2D eigenvalue weighted by atomic mass is 10.00. The Balaban J connectivity index is 1.37. The standard InChI is InChI=1S/C19H24N6O2/c26-18-14-23(9-10-25(18)16-6-2-1-3-7-16)19(27)17-13-24(22-21-17)12-15-5-4-8-20-11-15/h1-3,6-7,13,15,20H,4-5,8-12,14H2/t15-/m1/s1. The zero-order chi connectivity index (χ0) is 18.6. The molecule has 0 spiro atoms. The molecule has 8 nitrogen and oxygen atoms in total. The highest BCUT2D eigenvalue weighted by molar-refractivity contribution is 6.00. The number of aromatic nitrogens is 3. The Morgan fingerprint density at radius 3 is 2.81 bits per heavy atom. The van der Waals surface area contributed by atoms with Crippen molar-refractivity contribution in [3.05, 3.63) is 42.2 Å². The maximum Gasteiger partial charge on any atom is 0.276 e. The topological polar surface area (TPSA) is 83.4 Å². The SMILES string of the molecule is O=C(c1cn(C[C@@H]2CCCNC2)nn1)N1CCN(c2ccccc2)C(=O)C1. The lowest BCUT2D eigenvalue weighted by Gasteiger charge is -2.33. The van der Waals surface area contributed by atoms with Gasteiger partial charge in [-0.15, -0.1) is 5.10 Å². The Labute approximate surface area is 158 Å². The molecule has 1 atom stereocenters. The van der Waals surface area contributed by atoms with E-state index in [2.05, 4.69) is 15.6 Å². The monoisotopic (exact) mass is 368 g/mol. The number of amides is 2. The van der Waals surface area contributed by atoms with Crippen LogP contribution in [0.5, 0.6) is 0 Å². The molecule has 0 aliphatic carbocycles. The molecule has 0 radical (unpaired) electrons. The highest BCUT2D eigenvalue weighted by Crippen LogP contribution is 2.18. The van der Waals surface area contributed by atoms with Crippen LogP contribution in [-0.2, 0) is 11.3 Å². The number of carbonyl (C=O) groups excluding carboxylic acids is 2.